The molecule has 1 heterocycles. The maximum Gasteiger partial charge on any atom is 0.323 e. The number of nitrogens with one attached hydrogen (secondary N) is 2. The minimum atomic E-state index is -3.04. The number of nitrogens with zero attached hydrogens (tertiary/aromatic N) is 2. The van der Waals surface area contributed by atoms with Crippen molar-refractivity contribution in [2.24, 2.45) is 17.6 Å². The normalized spacial score (nSPS) is 25.0. The average molecular weight is 738 g/mol. The molecule has 0 aliphatic heterocycles. The fraction of sp³-hybridized carbons (Fsp3) is 0.282. The van der Waals surface area contributed by atoms with Gasteiger partial charge in [0.15, 0.2) is 11.4 Å². The lowest BCUT2D eigenvalue weighted by molar-refractivity contribution is -0.169. The summed E-state index contributed by atoms with van der Waals surface area (Å²) in [6.45, 7) is 1.62. The summed E-state index contributed by atoms with van der Waals surface area (Å²) in [6, 6.07) is 15.4. The molecule has 54 heavy (non-hydrogen) atoms. The number of Topliss-reactive ketones (excluding diaryl/α,β-unsaturated/α-hetero) is 2. The van der Waals surface area contributed by atoms with Crippen LogP contribution in [0.2, 0.25) is 0 Å². The van der Waals surface area contributed by atoms with E-state index in [0.717, 1.165) is 22.2 Å². The van der Waals surface area contributed by atoms with Crippen molar-refractivity contribution in [1.82, 2.24) is 4.90 Å². The van der Waals surface area contributed by atoms with Gasteiger partial charge in [-0.15, -0.1) is 0 Å². The number of aliphatic hydroxyl groups excluding tert-OH is 3. The molecule has 4 aromatic rings. The molecule has 7 rings (SSSR count). The summed E-state index contributed by atoms with van der Waals surface area (Å²) >= 11 is 0. The standard InChI is InChI=1S/C39H39N5O10/c1-16-21-12-13-22(42-38(52)41-19-9-6-17(7-10-19)23-14-18-8-11-20(43(2)3)15-24(18)54-23)31(45)26(21)32(46)27-25(16)33(47)29-30(44(4)5)34(48)28(37(40)51)36(50)39(29,53)35(27)49/h6-16,25,29-30,33,45-47,50,53H,1-5H3,(H2,40,51)(H2,41,42,52)/t16-,25+,29+,30-,33-,39-/m1/s1. The molecule has 0 bridgehead atoms. The van der Waals surface area contributed by atoms with Gasteiger partial charge < -0.3 is 51.2 Å². The van der Waals surface area contributed by atoms with E-state index in [0.29, 0.717) is 17.0 Å². The van der Waals surface area contributed by atoms with E-state index in [1.54, 1.807) is 31.2 Å². The topological polar surface area (TPSA) is 239 Å². The van der Waals surface area contributed by atoms with Gasteiger partial charge in [0.2, 0.25) is 5.78 Å². The number of furan rings is 1. The lowest BCUT2D eigenvalue weighted by Crippen LogP contribution is -2.70. The number of phenols is 1. The van der Waals surface area contributed by atoms with Crippen molar-refractivity contribution in [2.45, 2.75) is 30.6 Å². The summed E-state index contributed by atoms with van der Waals surface area (Å²) in [5.41, 5.74) is 3.61. The second kappa shape index (κ2) is 12.8. The minimum Gasteiger partial charge on any atom is -0.508 e. The molecule has 3 amide bonds. The van der Waals surface area contributed by atoms with Gasteiger partial charge in [0.1, 0.15) is 34.2 Å². The number of amides is 3. The highest BCUT2D eigenvalue weighted by Crippen LogP contribution is 2.56. The number of phenolic OH excluding ortho intramolecular Hbond substituents is 1. The molecule has 1 saturated carbocycles. The molecule has 15 heteroatoms. The van der Waals surface area contributed by atoms with Gasteiger partial charge in [-0.25, -0.2) is 4.79 Å². The largest absolute Gasteiger partial charge is 0.508 e. The Hall–Kier alpha value is -6.16. The fourth-order valence-corrected chi connectivity index (χ4v) is 8.16. The summed E-state index contributed by atoms with van der Waals surface area (Å²) < 4.78 is 6.06. The minimum absolute atomic E-state index is 0.143. The van der Waals surface area contributed by atoms with Crippen molar-refractivity contribution in [3.63, 3.8) is 0 Å². The second-order valence-corrected chi connectivity index (χ2v) is 14.4. The number of hydrogen-bond acceptors (Lipinski definition) is 12. The summed E-state index contributed by atoms with van der Waals surface area (Å²) in [4.78, 5) is 56.2. The molecule has 15 nitrogen and oxygen atoms in total. The predicted molar refractivity (Wildman–Crippen MR) is 199 cm³/mol. The number of primary amides is 1. The number of carbonyl (C=O) groups excluding carboxylic acids is 4. The van der Waals surface area contributed by atoms with Crippen LogP contribution >= 0.6 is 0 Å². The van der Waals surface area contributed by atoms with Crippen LogP contribution in [-0.4, -0.2) is 99.9 Å². The Kier molecular flexibility index (Phi) is 8.55. The Balaban J connectivity index is 1.17. The summed E-state index contributed by atoms with van der Waals surface area (Å²) in [6.07, 6.45) is -1.72. The fourth-order valence-electron chi connectivity index (χ4n) is 8.16. The van der Waals surface area contributed by atoms with E-state index < -0.39 is 87.4 Å². The molecular formula is C39H39N5O10. The lowest BCUT2D eigenvalue weighted by Gasteiger charge is -2.53. The van der Waals surface area contributed by atoms with Crippen molar-refractivity contribution in [2.75, 3.05) is 43.7 Å². The summed E-state index contributed by atoms with van der Waals surface area (Å²) in [5, 5.41) is 63.9. The van der Waals surface area contributed by atoms with Gasteiger partial charge in [0, 0.05) is 54.0 Å². The Bertz CT molecular complexity index is 2340. The number of ketones is 2. The number of nitrogens with two attached hydrogens (primary N) is 1. The quantitative estimate of drug-likeness (QED) is 0.105. The Labute approximate surface area is 308 Å². The number of carbonyl (C=O) groups is 4. The van der Waals surface area contributed by atoms with Crippen LogP contribution in [0.3, 0.4) is 0 Å². The molecule has 0 spiro atoms. The first-order valence-corrected chi connectivity index (χ1v) is 17.0. The van der Waals surface area contributed by atoms with Gasteiger partial charge in [0.05, 0.1) is 29.3 Å². The Morgan fingerprint density at radius 1 is 0.926 bits per heavy atom. The number of aromatic hydroxyl groups is 1. The summed E-state index contributed by atoms with van der Waals surface area (Å²) in [7, 11) is 6.76. The van der Waals surface area contributed by atoms with E-state index in [2.05, 4.69) is 10.6 Å². The van der Waals surface area contributed by atoms with Crippen LogP contribution in [0.1, 0.15) is 24.0 Å². The van der Waals surface area contributed by atoms with E-state index in [-0.39, 0.29) is 11.3 Å². The highest BCUT2D eigenvalue weighted by Gasteiger charge is 2.68. The molecule has 3 aliphatic rings. The number of aliphatic hydroxyl groups is 4. The van der Waals surface area contributed by atoms with Gasteiger partial charge in [0.25, 0.3) is 5.91 Å². The van der Waals surface area contributed by atoms with Crippen molar-refractivity contribution in [1.29, 1.82) is 0 Å². The Morgan fingerprint density at radius 2 is 1.61 bits per heavy atom. The molecule has 3 aromatic carbocycles. The van der Waals surface area contributed by atoms with E-state index >= 15 is 0 Å². The zero-order valence-electron chi connectivity index (χ0n) is 29.9. The van der Waals surface area contributed by atoms with Crippen LogP contribution in [0.25, 0.3) is 28.1 Å². The number of anilines is 3. The van der Waals surface area contributed by atoms with Gasteiger partial charge in [-0.1, -0.05) is 13.0 Å². The first-order chi connectivity index (χ1) is 25.5. The number of urea groups is 1. The number of hydrogen-bond donors (Lipinski definition) is 8. The number of fused-ring (bicyclic) bond motifs is 4. The SMILES string of the molecule is C[C@@H]1c2ccc(NC(=O)Nc3ccc(-c4cc5ccc(N(C)C)cc5o4)cc3)c(O)c2C(O)=C2C(=O)[C@@]3(O)C(O)=C(C(N)=O)C(=O)[C@H](N(C)C)[C@H]3[C@H](O)[C@H]21. The molecule has 6 atom stereocenters. The van der Waals surface area contributed by atoms with Crippen LogP contribution in [0.5, 0.6) is 5.75 Å². The molecule has 0 radical (unpaired) electrons. The molecule has 9 N–H and O–H groups in total. The van der Waals surface area contributed by atoms with Crippen LogP contribution in [0, 0.1) is 11.8 Å². The Morgan fingerprint density at radius 3 is 2.24 bits per heavy atom. The van der Waals surface area contributed by atoms with Gasteiger partial charge >= 0.3 is 6.03 Å². The van der Waals surface area contributed by atoms with E-state index in [1.807, 2.05) is 43.3 Å². The van der Waals surface area contributed by atoms with E-state index in [9.17, 15) is 44.7 Å². The highest BCUT2D eigenvalue weighted by molar-refractivity contribution is 6.24. The zero-order valence-corrected chi connectivity index (χ0v) is 29.9. The predicted octanol–water partition coefficient (Wildman–Crippen LogP) is 3.62. The maximum absolute atomic E-state index is 14.2. The van der Waals surface area contributed by atoms with Crippen molar-refractivity contribution in [3.05, 3.63) is 88.7 Å². The molecule has 1 aromatic heterocycles. The van der Waals surface area contributed by atoms with Crippen LogP contribution in [0.4, 0.5) is 21.9 Å². The van der Waals surface area contributed by atoms with E-state index in [4.69, 9.17) is 10.2 Å². The average Bonchev–Trinajstić information content (AvgIpc) is 3.54. The third-order valence-corrected chi connectivity index (χ3v) is 10.8. The second-order valence-electron chi connectivity index (χ2n) is 14.4. The van der Waals surface area contributed by atoms with Crippen LogP contribution in [-0.2, 0) is 14.4 Å². The highest BCUT2D eigenvalue weighted by atomic mass is 16.4. The first kappa shape index (κ1) is 36.2. The maximum atomic E-state index is 14.2. The monoisotopic (exact) mass is 737 g/mol. The summed E-state index contributed by atoms with van der Waals surface area (Å²) in [5.74, 6) is -9.47. The van der Waals surface area contributed by atoms with Gasteiger partial charge in [-0.05, 0) is 74.1 Å². The number of benzene rings is 3. The molecule has 0 saturated heterocycles. The first-order valence-electron chi connectivity index (χ1n) is 17.0. The smallest absolute Gasteiger partial charge is 0.323 e. The molecule has 280 valence electrons. The third-order valence-electron chi connectivity index (χ3n) is 10.8. The van der Waals surface area contributed by atoms with E-state index in [1.165, 1.54) is 31.1 Å². The molecule has 1 fully saturated rings. The van der Waals surface area contributed by atoms with Crippen LogP contribution < -0.4 is 21.3 Å². The number of likely N-dealkylation sites (N-methyl/N-ethyl adjacent to an activating group) is 1. The molecule has 3 aliphatic carbocycles. The van der Waals surface area contributed by atoms with Crippen molar-refractivity contribution >= 4 is 57.3 Å². The van der Waals surface area contributed by atoms with Crippen molar-refractivity contribution < 1.29 is 49.1 Å². The molecular weight excluding hydrogens is 698 g/mol. The third kappa shape index (κ3) is 5.30. The number of rotatable bonds is 6. The van der Waals surface area contributed by atoms with Crippen molar-refractivity contribution in [3.8, 4) is 17.1 Å². The molecule has 0 unspecified atom stereocenters. The zero-order chi connectivity index (χ0) is 39.1. The van der Waals surface area contributed by atoms with Crippen LogP contribution in [0.15, 0.2) is 82.0 Å². The van der Waals surface area contributed by atoms with Gasteiger partial charge in [-0.3, -0.25) is 19.3 Å². The lowest BCUT2D eigenvalue weighted by atomic mass is 9.54. The van der Waals surface area contributed by atoms with Gasteiger partial charge in [-0.2, -0.15) is 0 Å².